The predicted octanol–water partition coefficient (Wildman–Crippen LogP) is 5.36. The number of nitrogens with one attached hydrogen (secondary N) is 2. The van der Waals surface area contributed by atoms with Crippen LogP contribution in [0.2, 0.25) is 0 Å². The highest BCUT2D eigenvalue weighted by molar-refractivity contribution is 7.97. The zero-order valence-electron chi connectivity index (χ0n) is 17.0. The van der Waals surface area contributed by atoms with Gasteiger partial charge in [-0.1, -0.05) is 43.5 Å². The molecule has 0 bridgehead atoms. The van der Waals surface area contributed by atoms with Gasteiger partial charge >= 0.3 is 0 Å². The number of carbonyl (C=O) groups is 1. The van der Waals surface area contributed by atoms with Crippen molar-refractivity contribution >= 4 is 39.7 Å². The number of fused-ring (bicyclic) bond motifs is 3. The van der Waals surface area contributed by atoms with Gasteiger partial charge in [0.25, 0.3) is 5.91 Å². The summed E-state index contributed by atoms with van der Waals surface area (Å²) < 4.78 is 5.68. The van der Waals surface area contributed by atoms with Gasteiger partial charge in [-0.3, -0.25) is 9.52 Å². The lowest BCUT2D eigenvalue weighted by Gasteiger charge is -2.07. The fourth-order valence-corrected chi connectivity index (χ4v) is 4.22. The Morgan fingerprint density at radius 2 is 1.75 bits per heavy atom. The number of nitrogens with zero attached hydrogens (tertiary/aromatic N) is 1. The Balaban J connectivity index is 1.55. The maximum absolute atomic E-state index is 12.6. The first-order chi connectivity index (χ1) is 13.8. The zero-order valence-corrected chi connectivity index (χ0v) is 17.8. The summed E-state index contributed by atoms with van der Waals surface area (Å²) in [5, 5.41) is 5.44. The highest BCUT2D eigenvalue weighted by Gasteiger charge is 2.12. The van der Waals surface area contributed by atoms with Crippen LogP contribution in [-0.2, 0) is 6.54 Å². The molecular weight excluding hydrogens is 366 g/mol. The van der Waals surface area contributed by atoms with Crippen molar-refractivity contribution < 1.29 is 4.79 Å². The Morgan fingerprint density at radius 1 is 0.964 bits per heavy atom. The van der Waals surface area contributed by atoms with Gasteiger partial charge in [0.05, 0.1) is 0 Å². The summed E-state index contributed by atoms with van der Waals surface area (Å²) in [5.74, 6) is 1.18. The van der Waals surface area contributed by atoms with E-state index >= 15 is 0 Å². The van der Waals surface area contributed by atoms with E-state index in [1.165, 1.54) is 22.8 Å². The highest BCUT2D eigenvalue weighted by atomic mass is 32.2. The third-order valence-corrected chi connectivity index (χ3v) is 6.02. The number of para-hydroxylation sites is 1. The quantitative estimate of drug-likeness (QED) is 0.338. The average Bonchev–Trinajstić information content (AvgIpc) is 3.05. The Morgan fingerprint density at radius 3 is 2.57 bits per heavy atom. The molecule has 2 aromatic carbocycles. The first kappa shape index (κ1) is 20.7. The van der Waals surface area contributed by atoms with E-state index < -0.39 is 0 Å². The smallest absolute Gasteiger partial charge is 0.251 e. The molecule has 28 heavy (non-hydrogen) atoms. The van der Waals surface area contributed by atoms with E-state index in [-0.39, 0.29) is 5.91 Å². The van der Waals surface area contributed by atoms with Gasteiger partial charge in [0.15, 0.2) is 0 Å². The molecule has 0 fully saturated rings. The van der Waals surface area contributed by atoms with E-state index in [0.29, 0.717) is 0 Å². The second kappa shape index (κ2) is 10.5. The number of hydrogen-bond donors (Lipinski definition) is 2. The molecule has 0 aliphatic carbocycles. The SMILES string of the molecule is CCCSNCCCCCNC(=O)c1ccc2c(c1)c1ccccc1n2CC. The molecule has 1 aromatic heterocycles. The second-order valence-corrected chi connectivity index (χ2v) is 8.04. The van der Waals surface area contributed by atoms with Crippen LogP contribution in [0.4, 0.5) is 0 Å². The standard InChI is InChI=1S/C23H31N3OS/c1-3-16-28-25-15-9-5-8-14-24-23(27)18-12-13-22-20(17-18)19-10-6-7-11-21(19)26(22)4-2/h6-7,10-13,17,25H,3-5,8-9,14-16H2,1-2H3,(H,24,27). The van der Waals surface area contributed by atoms with E-state index in [2.05, 4.69) is 58.8 Å². The minimum atomic E-state index is 0.0202. The largest absolute Gasteiger partial charge is 0.352 e. The molecule has 4 nitrogen and oxygen atoms in total. The van der Waals surface area contributed by atoms with Crippen molar-refractivity contribution in [2.45, 2.75) is 46.1 Å². The molecule has 150 valence electrons. The van der Waals surface area contributed by atoms with Crippen LogP contribution in [0.3, 0.4) is 0 Å². The third kappa shape index (κ3) is 4.89. The van der Waals surface area contributed by atoms with E-state index in [9.17, 15) is 4.79 Å². The van der Waals surface area contributed by atoms with Crippen LogP contribution in [0.25, 0.3) is 21.8 Å². The number of unbranched alkanes of at least 4 members (excludes halogenated alkanes) is 2. The Labute approximate surface area is 172 Å². The van der Waals surface area contributed by atoms with Gasteiger partial charge in [-0.05, 0) is 50.5 Å². The van der Waals surface area contributed by atoms with Crippen LogP contribution in [-0.4, -0.2) is 29.3 Å². The summed E-state index contributed by atoms with van der Waals surface area (Å²) in [6.07, 6.45) is 4.50. The van der Waals surface area contributed by atoms with Gasteiger partial charge in [-0.25, -0.2) is 0 Å². The topological polar surface area (TPSA) is 46.1 Å². The monoisotopic (exact) mass is 397 g/mol. The van der Waals surface area contributed by atoms with Gasteiger partial charge in [0.1, 0.15) is 0 Å². The fourth-order valence-electron chi connectivity index (χ4n) is 3.58. The van der Waals surface area contributed by atoms with Crippen molar-refractivity contribution in [1.82, 2.24) is 14.6 Å². The molecule has 0 saturated carbocycles. The number of hydrogen-bond acceptors (Lipinski definition) is 3. The van der Waals surface area contributed by atoms with E-state index in [1.54, 1.807) is 11.9 Å². The van der Waals surface area contributed by atoms with Gasteiger partial charge < -0.3 is 9.88 Å². The molecule has 0 saturated heterocycles. The molecule has 0 atom stereocenters. The highest BCUT2D eigenvalue weighted by Crippen LogP contribution is 2.29. The lowest BCUT2D eigenvalue weighted by atomic mass is 10.1. The summed E-state index contributed by atoms with van der Waals surface area (Å²) in [5.41, 5.74) is 3.15. The minimum absolute atomic E-state index is 0.0202. The van der Waals surface area contributed by atoms with Gasteiger partial charge in [0, 0.05) is 52.8 Å². The number of amides is 1. The summed E-state index contributed by atoms with van der Waals surface area (Å²) in [7, 11) is 0. The first-order valence-corrected chi connectivity index (χ1v) is 11.4. The Bertz CT molecular complexity index is 919. The number of aryl methyl sites for hydroxylation is 1. The molecule has 1 amide bonds. The van der Waals surface area contributed by atoms with E-state index in [1.807, 2.05) is 12.1 Å². The molecule has 0 spiro atoms. The van der Waals surface area contributed by atoms with Crippen LogP contribution in [0.1, 0.15) is 49.9 Å². The fraction of sp³-hybridized carbons (Fsp3) is 0.435. The van der Waals surface area contributed by atoms with Gasteiger partial charge in [0.2, 0.25) is 0 Å². The number of benzene rings is 2. The van der Waals surface area contributed by atoms with Crippen molar-refractivity contribution in [2.75, 3.05) is 18.8 Å². The van der Waals surface area contributed by atoms with Crippen LogP contribution < -0.4 is 10.0 Å². The molecule has 0 aliphatic heterocycles. The maximum atomic E-state index is 12.6. The molecule has 0 radical (unpaired) electrons. The van der Waals surface area contributed by atoms with Crippen molar-refractivity contribution in [3.05, 3.63) is 48.0 Å². The van der Waals surface area contributed by atoms with Crippen LogP contribution in [0.15, 0.2) is 42.5 Å². The van der Waals surface area contributed by atoms with Gasteiger partial charge in [-0.2, -0.15) is 0 Å². The third-order valence-electron chi connectivity index (χ3n) is 5.00. The molecule has 3 aromatic rings. The maximum Gasteiger partial charge on any atom is 0.251 e. The van der Waals surface area contributed by atoms with E-state index in [4.69, 9.17) is 0 Å². The summed E-state index contributed by atoms with van der Waals surface area (Å²) in [4.78, 5) is 12.6. The molecule has 0 aliphatic rings. The lowest BCUT2D eigenvalue weighted by Crippen LogP contribution is -2.24. The summed E-state index contributed by atoms with van der Waals surface area (Å²) in [6.45, 7) is 7.04. The zero-order chi connectivity index (χ0) is 19.8. The molecular formula is C23H31N3OS. The average molecular weight is 398 g/mol. The summed E-state index contributed by atoms with van der Waals surface area (Å²) in [6, 6.07) is 14.5. The first-order valence-electron chi connectivity index (χ1n) is 10.4. The van der Waals surface area contributed by atoms with Crippen molar-refractivity contribution in [3.8, 4) is 0 Å². The van der Waals surface area contributed by atoms with Crippen LogP contribution >= 0.6 is 11.9 Å². The predicted molar refractivity (Wildman–Crippen MR) is 122 cm³/mol. The van der Waals surface area contributed by atoms with Crippen molar-refractivity contribution in [3.63, 3.8) is 0 Å². The minimum Gasteiger partial charge on any atom is -0.352 e. The van der Waals surface area contributed by atoms with Gasteiger partial charge in [-0.15, -0.1) is 0 Å². The summed E-state index contributed by atoms with van der Waals surface area (Å²) >= 11 is 1.80. The molecule has 5 heteroatoms. The molecule has 2 N–H and O–H groups in total. The Kier molecular flexibility index (Phi) is 7.80. The van der Waals surface area contributed by atoms with E-state index in [0.717, 1.165) is 55.6 Å². The van der Waals surface area contributed by atoms with Crippen molar-refractivity contribution in [2.24, 2.45) is 0 Å². The molecule has 0 unspecified atom stereocenters. The lowest BCUT2D eigenvalue weighted by molar-refractivity contribution is 0.0953. The van der Waals surface area contributed by atoms with Crippen LogP contribution in [0.5, 0.6) is 0 Å². The number of rotatable bonds is 11. The number of aromatic nitrogens is 1. The molecule has 3 rings (SSSR count). The normalized spacial score (nSPS) is 11.4. The number of carbonyl (C=O) groups excluding carboxylic acids is 1. The second-order valence-electron chi connectivity index (χ2n) is 7.05. The van der Waals surface area contributed by atoms with Crippen LogP contribution in [0, 0.1) is 0 Å². The molecule has 1 heterocycles. The Hall–Kier alpha value is -1.98. The van der Waals surface area contributed by atoms with Crippen molar-refractivity contribution in [1.29, 1.82) is 0 Å².